The molecule has 208 valence electrons. The summed E-state index contributed by atoms with van der Waals surface area (Å²) >= 11 is 1.11. The second-order valence-corrected chi connectivity index (χ2v) is 11.6. The number of hydrogen-bond donors (Lipinski definition) is 2. The number of halogens is 3. The normalized spacial score (nSPS) is 13.9. The Hall–Kier alpha value is -4.13. The zero-order chi connectivity index (χ0) is 28.8. The monoisotopic (exact) mass is 594 g/mol. The molecular formula is C29H21F3N4O3S2. The van der Waals surface area contributed by atoms with E-state index >= 15 is 4.39 Å². The zero-order valence-corrected chi connectivity index (χ0v) is 22.8. The third kappa shape index (κ3) is 5.33. The molecular weight excluding hydrogens is 573 g/mol. The molecule has 1 atom stereocenters. The molecule has 1 aliphatic carbocycles. The summed E-state index contributed by atoms with van der Waals surface area (Å²) in [5.41, 5.74) is 3.05. The van der Waals surface area contributed by atoms with Gasteiger partial charge in [0.15, 0.2) is 5.69 Å². The van der Waals surface area contributed by atoms with Crippen LogP contribution in [0.5, 0.6) is 0 Å². The second kappa shape index (κ2) is 10.7. The van der Waals surface area contributed by atoms with Crippen molar-refractivity contribution in [3.05, 3.63) is 106 Å². The number of nitrogens with zero attached hydrogens (tertiary/aromatic N) is 3. The van der Waals surface area contributed by atoms with E-state index in [0.717, 1.165) is 35.9 Å². The Bertz CT molecular complexity index is 1850. The van der Waals surface area contributed by atoms with E-state index in [1.807, 2.05) is 0 Å². The van der Waals surface area contributed by atoms with Crippen molar-refractivity contribution < 1.29 is 27.3 Å². The van der Waals surface area contributed by atoms with Gasteiger partial charge in [-0.1, -0.05) is 18.2 Å². The van der Waals surface area contributed by atoms with Crippen molar-refractivity contribution in [3.63, 3.8) is 0 Å². The lowest BCUT2D eigenvalue weighted by Gasteiger charge is -2.11. The van der Waals surface area contributed by atoms with E-state index in [1.165, 1.54) is 41.8 Å². The van der Waals surface area contributed by atoms with E-state index in [4.69, 9.17) is 10.2 Å². The zero-order valence-electron chi connectivity index (χ0n) is 21.2. The molecule has 1 unspecified atom stereocenters. The number of benzene rings is 3. The van der Waals surface area contributed by atoms with Crippen LogP contribution in [0.1, 0.15) is 46.1 Å². The van der Waals surface area contributed by atoms with Crippen molar-refractivity contribution in [1.29, 1.82) is 0 Å². The van der Waals surface area contributed by atoms with Gasteiger partial charge < -0.3 is 5.11 Å². The first-order valence-electron chi connectivity index (χ1n) is 12.5. The predicted molar refractivity (Wildman–Crippen MR) is 149 cm³/mol. The quantitative estimate of drug-likeness (QED) is 0.221. The Morgan fingerprint density at radius 2 is 1.85 bits per heavy atom. The average molecular weight is 595 g/mol. The summed E-state index contributed by atoms with van der Waals surface area (Å²) in [6, 6.07) is 14.1. The van der Waals surface area contributed by atoms with Gasteiger partial charge in [0.25, 0.3) is 0 Å². The molecule has 1 fully saturated rings. The molecule has 0 aliphatic heterocycles. The van der Waals surface area contributed by atoms with Gasteiger partial charge in [-0.2, -0.15) is 5.10 Å². The highest BCUT2D eigenvalue weighted by molar-refractivity contribution is 7.82. The smallest absolute Gasteiger partial charge is 0.355 e. The van der Waals surface area contributed by atoms with E-state index < -0.39 is 34.4 Å². The molecule has 12 heteroatoms. The van der Waals surface area contributed by atoms with Crippen molar-refractivity contribution in [2.75, 3.05) is 0 Å². The van der Waals surface area contributed by atoms with Crippen LogP contribution in [0.25, 0.3) is 27.5 Å². The molecule has 5 aromatic rings. The van der Waals surface area contributed by atoms with Gasteiger partial charge in [-0.3, -0.25) is 0 Å². The average Bonchev–Trinajstić information content (AvgIpc) is 3.52. The molecule has 0 radical (unpaired) electrons. The maximum absolute atomic E-state index is 15.2. The predicted octanol–water partition coefficient (Wildman–Crippen LogP) is 6.23. The fraction of sp³-hybridized carbons (Fsp3) is 0.138. The molecule has 0 bridgehead atoms. The van der Waals surface area contributed by atoms with E-state index in [2.05, 4.69) is 4.98 Å². The summed E-state index contributed by atoms with van der Waals surface area (Å²) in [6.07, 6.45) is 1.79. The SMILES string of the molecule is NS(=O)c1ccc(Cc2c(-c3ccc(F)c(-c4cccc(F)c4)c3)nn(-c3nc(C(=O)O)cs3)c2C2CC2)c(F)c1. The highest BCUT2D eigenvalue weighted by atomic mass is 32.2. The fourth-order valence-electron chi connectivity index (χ4n) is 4.79. The van der Waals surface area contributed by atoms with Crippen LogP contribution in [0.3, 0.4) is 0 Å². The Labute approximate surface area is 238 Å². The van der Waals surface area contributed by atoms with Gasteiger partial charge in [-0.15, -0.1) is 11.3 Å². The lowest BCUT2D eigenvalue weighted by atomic mass is 9.95. The number of aromatic nitrogens is 3. The standard InChI is InChI=1S/C29H21F3N4O3S2/c30-19-3-1-2-16(10-19)21-12-18(7-9-23(21)31)26-22(11-17-6-8-20(41(33)39)13-24(17)32)27(15-4-5-15)36(35-26)29-34-25(14-40-29)28(37)38/h1-3,6-10,12-15H,4-5,11,33H2,(H,37,38). The first-order chi connectivity index (χ1) is 19.7. The van der Waals surface area contributed by atoms with Crippen molar-refractivity contribution in [3.8, 4) is 27.5 Å². The molecule has 2 heterocycles. The van der Waals surface area contributed by atoms with Crippen molar-refractivity contribution >= 4 is 28.3 Å². The first-order valence-corrected chi connectivity index (χ1v) is 14.6. The number of carboxylic acids is 1. The van der Waals surface area contributed by atoms with Gasteiger partial charge in [-0.25, -0.2) is 37.0 Å². The van der Waals surface area contributed by atoms with Crippen LogP contribution in [-0.2, 0) is 17.4 Å². The number of rotatable bonds is 8. The van der Waals surface area contributed by atoms with E-state index in [0.29, 0.717) is 33.1 Å². The van der Waals surface area contributed by atoms with Gasteiger partial charge in [0.2, 0.25) is 5.13 Å². The maximum Gasteiger partial charge on any atom is 0.355 e. The van der Waals surface area contributed by atoms with Crippen LogP contribution >= 0.6 is 11.3 Å². The summed E-state index contributed by atoms with van der Waals surface area (Å²) in [4.78, 5) is 15.9. The van der Waals surface area contributed by atoms with Crippen LogP contribution in [0.15, 0.2) is 70.9 Å². The third-order valence-corrected chi connectivity index (χ3v) is 8.41. The van der Waals surface area contributed by atoms with Crippen molar-refractivity contribution in [2.45, 2.75) is 30.1 Å². The Morgan fingerprint density at radius 1 is 1.05 bits per heavy atom. The summed E-state index contributed by atoms with van der Waals surface area (Å²) in [5.74, 6) is -2.76. The minimum atomic E-state index is -1.85. The van der Waals surface area contributed by atoms with Crippen LogP contribution < -0.4 is 5.14 Å². The largest absolute Gasteiger partial charge is 0.476 e. The highest BCUT2D eigenvalue weighted by Gasteiger charge is 2.34. The molecule has 0 spiro atoms. The number of carbonyl (C=O) groups is 1. The minimum absolute atomic E-state index is 0.0745. The van der Waals surface area contributed by atoms with Gasteiger partial charge in [0.05, 0.1) is 16.3 Å². The molecule has 41 heavy (non-hydrogen) atoms. The van der Waals surface area contributed by atoms with Crippen molar-refractivity contribution in [1.82, 2.24) is 14.8 Å². The molecule has 3 aromatic carbocycles. The molecule has 1 aliphatic rings. The number of carboxylic acid groups (broad SMARTS) is 1. The lowest BCUT2D eigenvalue weighted by Crippen LogP contribution is -2.06. The summed E-state index contributed by atoms with van der Waals surface area (Å²) in [6.45, 7) is 0. The van der Waals surface area contributed by atoms with Crippen LogP contribution in [-0.4, -0.2) is 30.0 Å². The highest BCUT2D eigenvalue weighted by Crippen LogP contribution is 2.46. The molecule has 2 aromatic heterocycles. The summed E-state index contributed by atoms with van der Waals surface area (Å²) in [5, 5.41) is 21.4. The Kier molecular flexibility index (Phi) is 7.06. The molecule has 1 saturated carbocycles. The maximum atomic E-state index is 15.2. The number of hydrogen-bond acceptors (Lipinski definition) is 5. The molecule has 0 amide bonds. The molecule has 0 saturated heterocycles. The Morgan fingerprint density at radius 3 is 2.51 bits per heavy atom. The molecule has 3 N–H and O–H groups in total. The summed E-state index contributed by atoms with van der Waals surface area (Å²) in [7, 11) is -1.85. The van der Waals surface area contributed by atoms with Gasteiger partial charge in [0, 0.05) is 34.4 Å². The van der Waals surface area contributed by atoms with Gasteiger partial charge >= 0.3 is 5.97 Å². The van der Waals surface area contributed by atoms with E-state index in [1.54, 1.807) is 22.9 Å². The van der Waals surface area contributed by atoms with Crippen LogP contribution in [0.4, 0.5) is 13.2 Å². The number of thiazole rings is 1. The number of aromatic carboxylic acids is 1. The number of nitrogens with two attached hydrogens (primary N) is 1. The van der Waals surface area contributed by atoms with Gasteiger partial charge in [-0.05, 0) is 66.4 Å². The second-order valence-electron chi connectivity index (χ2n) is 9.65. The van der Waals surface area contributed by atoms with E-state index in [-0.39, 0.29) is 28.5 Å². The third-order valence-electron chi connectivity index (χ3n) is 6.88. The first kappa shape index (κ1) is 27.1. The van der Waals surface area contributed by atoms with E-state index in [9.17, 15) is 22.9 Å². The fourth-order valence-corrected chi connectivity index (χ4v) is 5.97. The Balaban J connectivity index is 1.55. The topological polar surface area (TPSA) is 111 Å². The van der Waals surface area contributed by atoms with Crippen LogP contribution in [0, 0.1) is 17.5 Å². The minimum Gasteiger partial charge on any atom is -0.476 e. The molecule has 7 nitrogen and oxygen atoms in total. The van der Waals surface area contributed by atoms with Crippen LogP contribution in [0.2, 0.25) is 0 Å². The van der Waals surface area contributed by atoms with Gasteiger partial charge in [0.1, 0.15) is 28.4 Å². The molecule has 6 rings (SSSR count). The lowest BCUT2D eigenvalue weighted by molar-refractivity contribution is 0.0691. The summed E-state index contributed by atoms with van der Waals surface area (Å²) < 4.78 is 57.4. The van der Waals surface area contributed by atoms with Crippen molar-refractivity contribution in [2.24, 2.45) is 5.14 Å².